The first-order valence-corrected chi connectivity index (χ1v) is 10.2. The van der Waals surface area contributed by atoms with Gasteiger partial charge in [0, 0.05) is 29.5 Å². The van der Waals surface area contributed by atoms with Crippen LogP contribution < -0.4 is 5.32 Å². The average Bonchev–Trinajstić information content (AvgIpc) is 2.65. The highest BCUT2D eigenvalue weighted by molar-refractivity contribution is 9.10. The van der Waals surface area contributed by atoms with E-state index in [1.807, 2.05) is 29.2 Å². The number of benzene rings is 1. The molecule has 0 aromatic heterocycles. The monoisotopic (exact) mass is 406 g/mol. The van der Waals surface area contributed by atoms with Crippen molar-refractivity contribution in [1.82, 2.24) is 10.2 Å². The quantitative estimate of drug-likeness (QED) is 0.828. The van der Waals surface area contributed by atoms with Crippen LogP contribution in [0, 0.1) is 5.92 Å². The Labute approximate surface area is 158 Å². The van der Waals surface area contributed by atoms with Crippen LogP contribution >= 0.6 is 15.9 Å². The third kappa shape index (κ3) is 5.30. The number of piperidine rings is 1. The van der Waals surface area contributed by atoms with Gasteiger partial charge in [-0.2, -0.15) is 0 Å². The molecule has 2 aliphatic rings. The maximum Gasteiger partial charge on any atom is 0.226 e. The second-order valence-corrected chi connectivity index (χ2v) is 8.22. The van der Waals surface area contributed by atoms with Crippen LogP contribution in [0.4, 0.5) is 0 Å². The molecule has 1 aliphatic heterocycles. The Morgan fingerprint density at radius 1 is 1.00 bits per heavy atom. The number of likely N-dealkylation sites (tertiary alicyclic amines) is 1. The summed E-state index contributed by atoms with van der Waals surface area (Å²) in [7, 11) is 0. The molecule has 136 valence electrons. The van der Waals surface area contributed by atoms with Crippen molar-refractivity contribution in [2.45, 2.75) is 57.4 Å². The third-order valence-electron chi connectivity index (χ3n) is 5.44. The van der Waals surface area contributed by atoms with Crippen molar-refractivity contribution in [2.75, 3.05) is 13.1 Å². The number of nitrogens with zero attached hydrogens (tertiary/aromatic N) is 1. The zero-order valence-corrected chi connectivity index (χ0v) is 16.3. The van der Waals surface area contributed by atoms with Gasteiger partial charge < -0.3 is 10.2 Å². The van der Waals surface area contributed by atoms with E-state index < -0.39 is 0 Å². The lowest BCUT2D eigenvalue weighted by Crippen LogP contribution is -2.48. The molecule has 1 aromatic rings. The van der Waals surface area contributed by atoms with Gasteiger partial charge in [0.1, 0.15) is 0 Å². The molecule has 1 heterocycles. The van der Waals surface area contributed by atoms with Crippen LogP contribution in [0.15, 0.2) is 28.7 Å². The predicted octanol–water partition coefficient (Wildman–Crippen LogP) is 3.68. The molecule has 0 atom stereocenters. The van der Waals surface area contributed by atoms with E-state index in [0.717, 1.165) is 48.8 Å². The first-order valence-electron chi connectivity index (χ1n) is 9.44. The Kier molecular flexibility index (Phi) is 6.51. The van der Waals surface area contributed by atoms with Gasteiger partial charge in [-0.1, -0.05) is 47.3 Å². The molecule has 25 heavy (non-hydrogen) atoms. The Morgan fingerprint density at radius 2 is 1.64 bits per heavy atom. The lowest BCUT2D eigenvalue weighted by atomic mass is 9.88. The fraction of sp³-hybridized carbons (Fsp3) is 0.600. The van der Waals surface area contributed by atoms with E-state index in [2.05, 4.69) is 21.2 Å². The van der Waals surface area contributed by atoms with E-state index in [1.165, 1.54) is 19.3 Å². The Bertz CT molecular complexity index is 588. The standard InChI is InChI=1S/C20H27BrN2O2/c21-17-8-6-15(7-9-17)14-19(24)23-12-10-18(11-13-23)22-20(25)16-4-2-1-3-5-16/h6-9,16,18H,1-5,10-14H2,(H,22,25). The maximum absolute atomic E-state index is 12.5. The lowest BCUT2D eigenvalue weighted by Gasteiger charge is -2.33. The molecule has 0 bridgehead atoms. The number of amides is 2. The van der Waals surface area contributed by atoms with Crippen molar-refractivity contribution in [3.8, 4) is 0 Å². The van der Waals surface area contributed by atoms with Gasteiger partial charge in [0.2, 0.25) is 11.8 Å². The van der Waals surface area contributed by atoms with Crippen molar-refractivity contribution in [2.24, 2.45) is 5.92 Å². The summed E-state index contributed by atoms with van der Waals surface area (Å²) in [5.41, 5.74) is 1.04. The first-order chi connectivity index (χ1) is 12.1. The van der Waals surface area contributed by atoms with Gasteiger partial charge >= 0.3 is 0 Å². The highest BCUT2D eigenvalue weighted by atomic mass is 79.9. The molecule has 1 saturated heterocycles. The molecule has 3 rings (SSSR count). The second kappa shape index (κ2) is 8.84. The minimum atomic E-state index is 0.180. The van der Waals surface area contributed by atoms with Gasteiger partial charge in [-0.05, 0) is 43.4 Å². The van der Waals surface area contributed by atoms with Crippen LogP contribution in [0.2, 0.25) is 0 Å². The smallest absolute Gasteiger partial charge is 0.226 e. The topological polar surface area (TPSA) is 49.4 Å². The third-order valence-corrected chi connectivity index (χ3v) is 5.97. The van der Waals surface area contributed by atoms with Crippen molar-refractivity contribution < 1.29 is 9.59 Å². The number of carbonyl (C=O) groups is 2. The summed E-state index contributed by atoms with van der Waals surface area (Å²) in [6.45, 7) is 1.48. The summed E-state index contributed by atoms with van der Waals surface area (Å²) in [6.07, 6.45) is 7.89. The highest BCUT2D eigenvalue weighted by Gasteiger charge is 2.27. The molecule has 1 saturated carbocycles. The number of nitrogens with one attached hydrogen (secondary N) is 1. The molecule has 0 spiro atoms. The fourth-order valence-corrected chi connectivity index (χ4v) is 4.11. The summed E-state index contributed by atoms with van der Waals surface area (Å²) in [6, 6.07) is 8.13. The van der Waals surface area contributed by atoms with Crippen LogP contribution in [0.3, 0.4) is 0 Å². The summed E-state index contributed by atoms with van der Waals surface area (Å²) in [5, 5.41) is 3.22. The molecule has 0 radical (unpaired) electrons. The normalized spacial score (nSPS) is 19.6. The van der Waals surface area contributed by atoms with Crippen LogP contribution in [-0.2, 0) is 16.0 Å². The Hall–Kier alpha value is -1.36. The van der Waals surface area contributed by atoms with Gasteiger partial charge in [0.15, 0.2) is 0 Å². The molecule has 1 aromatic carbocycles. The zero-order chi connectivity index (χ0) is 17.6. The largest absolute Gasteiger partial charge is 0.353 e. The van der Waals surface area contributed by atoms with E-state index >= 15 is 0 Å². The molecule has 2 amide bonds. The van der Waals surface area contributed by atoms with E-state index in [1.54, 1.807) is 0 Å². The minimum Gasteiger partial charge on any atom is -0.353 e. The molecule has 0 unspecified atom stereocenters. The second-order valence-electron chi connectivity index (χ2n) is 7.30. The van der Waals surface area contributed by atoms with E-state index in [-0.39, 0.29) is 23.8 Å². The zero-order valence-electron chi connectivity index (χ0n) is 14.7. The highest BCUT2D eigenvalue weighted by Crippen LogP contribution is 2.24. The SMILES string of the molecule is O=C(NC1CCN(C(=O)Cc2ccc(Br)cc2)CC1)C1CCCCC1. The minimum absolute atomic E-state index is 0.180. The summed E-state index contributed by atoms with van der Waals surface area (Å²) < 4.78 is 1.03. The van der Waals surface area contributed by atoms with Crippen LogP contribution in [0.1, 0.15) is 50.5 Å². The molecule has 5 heteroatoms. The first kappa shape index (κ1) is 18.4. The molecular weight excluding hydrogens is 380 g/mol. The molecule has 4 nitrogen and oxygen atoms in total. The van der Waals surface area contributed by atoms with Gasteiger partial charge in [-0.25, -0.2) is 0 Å². The summed E-state index contributed by atoms with van der Waals surface area (Å²) in [5.74, 6) is 0.629. The number of hydrogen-bond acceptors (Lipinski definition) is 2. The van der Waals surface area contributed by atoms with Crippen LogP contribution in [0.25, 0.3) is 0 Å². The molecule has 1 N–H and O–H groups in total. The van der Waals surface area contributed by atoms with E-state index in [9.17, 15) is 9.59 Å². The number of halogens is 1. The van der Waals surface area contributed by atoms with Gasteiger partial charge in [0.05, 0.1) is 6.42 Å². The predicted molar refractivity (Wildman–Crippen MR) is 102 cm³/mol. The number of hydrogen-bond donors (Lipinski definition) is 1. The van der Waals surface area contributed by atoms with Crippen molar-refractivity contribution in [3.63, 3.8) is 0 Å². The van der Waals surface area contributed by atoms with Gasteiger partial charge in [0.25, 0.3) is 0 Å². The Balaban J connectivity index is 1.42. The van der Waals surface area contributed by atoms with Crippen molar-refractivity contribution in [3.05, 3.63) is 34.3 Å². The summed E-state index contributed by atoms with van der Waals surface area (Å²) >= 11 is 3.41. The number of rotatable bonds is 4. The number of carbonyl (C=O) groups excluding carboxylic acids is 2. The summed E-state index contributed by atoms with van der Waals surface area (Å²) in [4.78, 5) is 26.7. The molecule has 2 fully saturated rings. The van der Waals surface area contributed by atoms with Crippen LogP contribution in [0.5, 0.6) is 0 Å². The fourth-order valence-electron chi connectivity index (χ4n) is 3.85. The molecular formula is C20H27BrN2O2. The average molecular weight is 407 g/mol. The Morgan fingerprint density at radius 3 is 2.28 bits per heavy atom. The maximum atomic E-state index is 12.5. The van der Waals surface area contributed by atoms with E-state index in [0.29, 0.717) is 6.42 Å². The van der Waals surface area contributed by atoms with Crippen molar-refractivity contribution in [1.29, 1.82) is 0 Å². The van der Waals surface area contributed by atoms with Crippen molar-refractivity contribution >= 4 is 27.7 Å². The molecule has 1 aliphatic carbocycles. The van der Waals surface area contributed by atoms with Gasteiger partial charge in [-0.15, -0.1) is 0 Å². The van der Waals surface area contributed by atoms with Crippen LogP contribution in [-0.4, -0.2) is 35.8 Å². The lowest BCUT2D eigenvalue weighted by molar-refractivity contribution is -0.131. The van der Waals surface area contributed by atoms with E-state index in [4.69, 9.17) is 0 Å². The van der Waals surface area contributed by atoms with Gasteiger partial charge in [-0.3, -0.25) is 9.59 Å².